The summed E-state index contributed by atoms with van der Waals surface area (Å²) in [5, 5.41) is 9.41. The molecule has 60 heavy (non-hydrogen) atoms. The van der Waals surface area contributed by atoms with Crippen molar-refractivity contribution < 1.29 is 29.0 Å². The molecule has 8 rings (SSSR count). The lowest BCUT2D eigenvalue weighted by molar-refractivity contribution is -0.251. The van der Waals surface area contributed by atoms with E-state index in [4.69, 9.17) is 14.5 Å². The number of hydrogen-bond donors (Lipinski definition) is 2. The van der Waals surface area contributed by atoms with Gasteiger partial charge in [-0.2, -0.15) is 0 Å². The summed E-state index contributed by atoms with van der Waals surface area (Å²) >= 11 is 0. The second-order valence-electron chi connectivity index (χ2n) is 23.1. The molecule has 6 fully saturated rings. The largest absolute Gasteiger partial charge is 0.497 e. The van der Waals surface area contributed by atoms with Crippen LogP contribution in [0.15, 0.2) is 30.5 Å². The zero-order chi connectivity index (χ0) is 43.2. The van der Waals surface area contributed by atoms with Gasteiger partial charge >= 0.3 is 11.9 Å². The predicted octanol–water partition coefficient (Wildman–Crippen LogP) is 11.3. The molecule has 9 nitrogen and oxygen atoms in total. The first-order valence-electron chi connectivity index (χ1n) is 23.6. The number of likely N-dealkylation sites (tertiary alicyclic amines) is 1. The number of esters is 1. The first kappa shape index (κ1) is 43.3. The van der Waals surface area contributed by atoms with Gasteiger partial charge in [0.15, 0.2) is 0 Å². The summed E-state index contributed by atoms with van der Waals surface area (Å²) in [4.78, 5) is 51.2. The van der Waals surface area contributed by atoms with Gasteiger partial charge in [-0.15, -0.1) is 0 Å². The quantitative estimate of drug-likeness (QED) is 0.229. The molecule has 6 aliphatic rings. The Kier molecular flexibility index (Phi) is 10.9. The third-order valence-electron chi connectivity index (χ3n) is 19.1. The smallest absolute Gasteiger partial charge is 0.306 e. The molecule has 330 valence electrons. The summed E-state index contributed by atoms with van der Waals surface area (Å²) in [7, 11) is 1.68. The van der Waals surface area contributed by atoms with Gasteiger partial charge in [-0.05, 0) is 164 Å². The lowest BCUT2D eigenvalue weighted by atomic mass is 9.32. The number of methoxy groups -OCH3 is 1. The van der Waals surface area contributed by atoms with Gasteiger partial charge in [-0.25, -0.2) is 4.98 Å². The predicted molar refractivity (Wildman–Crippen MR) is 234 cm³/mol. The van der Waals surface area contributed by atoms with E-state index in [1.807, 2.05) is 32.2 Å². The van der Waals surface area contributed by atoms with Crippen molar-refractivity contribution in [3.8, 4) is 17.0 Å². The van der Waals surface area contributed by atoms with Crippen LogP contribution in [0, 0.1) is 68.0 Å². The molecule has 5 saturated carbocycles. The molecule has 2 N–H and O–H groups in total. The highest BCUT2D eigenvalue weighted by Gasteiger charge is 2.72. The molecule has 1 aliphatic heterocycles. The number of nitrogens with one attached hydrogen (secondary N) is 1. The summed E-state index contributed by atoms with van der Waals surface area (Å²) in [6.07, 6.45) is 14.6. The van der Waals surface area contributed by atoms with Gasteiger partial charge in [-0.1, -0.05) is 62.3 Å². The number of carboxylic acid groups (broad SMARTS) is 1. The van der Waals surface area contributed by atoms with Crippen LogP contribution in [0.4, 0.5) is 0 Å². The van der Waals surface area contributed by atoms with Crippen LogP contribution in [0.2, 0.25) is 0 Å². The Morgan fingerprint density at radius 3 is 2.30 bits per heavy atom. The number of carboxylic acids is 1. The number of rotatable bonds is 10. The molecule has 5 aliphatic carbocycles. The number of hydrogen-bond acceptors (Lipinski definition) is 6. The Labute approximate surface area is 359 Å². The van der Waals surface area contributed by atoms with Crippen LogP contribution < -0.4 is 4.74 Å². The van der Waals surface area contributed by atoms with E-state index in [0.717, 1.165) is 87.2 Å². The number of H-pyrrole nitrogens is 1. The highest BCUT2D eigenvalue weighted by atomic mass is 16.5. The van der Waals surface area contributed by atoms with E-state index in [2.05, 4.69) is 70.5 Å². The first-order valence-corrected chi connectivity index (χ1v) is 23.6. The topological polar surface area (TPSA) is 122 Å². The minimum atomic E-state index is -0.886. The van der Waals surface area contributed by atoms with Gasteiger partial charge in [0.1, 0.15) is 17.7 Å². The molecule has 0 spiro atoms. The Bertz CT molecular complexity index is 1950. The molecule has 0 radical (unpaired) electrons. The molecule has 1 aromatic carbocycles. The van der Waals surface area contributed by atoms with Gasteiger partial charge in [-0.3, -0.25) is 14.4 Å². The van der Waals surface area contributed by atoms with E-state index < -0.39 is 11.4 Å². The standard InChI is InChI=1S/C51H75N3O6/c1-31(2)34-19-24-51(45(58)54-27-11-12-37(54)44-52-30-36(53-44)32-13-15-33(59-10)16-14-32)26-25-49(8)35(43(34)51)17-18-39-48(7)22-21-40(47(5,6)38(48)20-23-50(39,49)9)60-42(57)29-46(3,4)28-41(55)56/h13-16,30-31,34-35,37-40,43H,11-12,17-29H2,1-10H3,(H,52,53)(H,55,56)/t34-,35+,37-,38-,39+,40-,43+,48-,49+,50+,51-/m0/s1. The Hall–Kier alpha value is -3.36. The number of ether oxygens (including phenoxy) is 2. The maximum atomic E-state index is 15.6. The Balaban J connectivity index is 1.04. The number of aromatic amines is 1. The van der Waals surface area contributed by atoms with Crippen LogP contribution in [-0.2, 0) is 19.1 Å². The molecular weight excluding hydrogens is 751 g/mol. The first-order chi connectivity index (χ1) is 28.2. The summed E-state index contributed by atoms with van der Waals surface area (Å²) in [6.45, 7) is 21.9. The summed E-state index contributed by atoms with van der Waals surface area (Å²) < 4.78 is 11.7. The fourth-order valence-corrected chi connectivity index (χ4v) is 16.0. The average Bonchev–Trinajstić information content (AvgIpc) is 3.95. The maximum Gasteiger partial charge on any atom is 0.306 e. The normalized spacial score (nSPS) is 38.4. The van der Waals surface area contributed by atoms with Crippen molar-refractivity contribution in [1.29, 1.82) is 0 Å². The number of imidazole rings is 1. The molecule has 1 saturated heterocycles. The van der Waals surface area contributed by atoms with Crippen LogP contribution in [0.25, 0.3) is 11.3 Å². The third-order valence-corrected chi connectivity index (χ3v) is 19.1. The highest BCUT2D eigenvalue weighted by Crippen LogP contribution is 2.78. The van der Waals surface area contributed by atoms with E-state index in [0.29, 0.717) is 41.4 Å². The average molecular weight is 826 g/mol. The Morgan fingerprint density at radius 1 is 0.883 bits per heavy atom. The van der Waals surface area contributed by atoms with Crippen LogP contribution >= 0.6 is 0 Å². The van der Waals surface area contributed by atoms with Crippen LogP contribution in [0.5, 0.6) is 5.75 Å². The maximum absolute atomic E-state index is 15.6. The highest BCUT2D eigenvalue weighted by molar-refractivity contribution is 5.84. The van der Waals surface area contributed by atoms with Crippen LogP contribution in [-0.4, -0.2) is 57.6 Å². The molecule has 0 unspecified atom stereocenters. The number of carbonyl (C=O) groups is 3. The van der Waals surface area contributed by atoms with Gasteiger partial charge < -0.3 is 24.5 Å². The second kappa shape index (κ2) is 15.2. The number of nitrogens with zero attached hydrogens (tertiary/aromatic N) is 2. The fourth-order valence-electron chi connectivity index (χ4n) is 16.0. The minimum Gasteiger partial charge on any atom is -0.497 e. The molecular formula is C51H75N3O6. The van der Waals surface area contributed by atoms with Crippen molar-refractivity contribution >= 4 is 17.8 Å². The van der Waals surface area contributed by atoms with E-state index in [9.17, 15) is 14.7 Å². The van der Waals surface area contributed by atoms with E-state index in [1.54, 1.807) is 7.11 Å². The SMILES string of the molecule is COc1ccc(-c2cnc([C@@H]3CCCN3C(=O)[C@]34CC[C@@H](C(C)C)[C@@H]3[C@H]3CC[C@@H]5[C@@]6(C)CC[C@H](OC(=O)CC(C)(C)CC(=O)O)C(C)(C)[C@@H]6CC[C@@]5(C)[C@]3(C)CC4)[nH]2)cc1. The van der Waals surface area contributed by atoms with Crippen molar-refractivity contribution in [2.24, 2.45) is 68.0 Å². The van der Waals surface area contributed by atoms with E-state index >= 15 is 4.79 Å². The van der Waals surface area contributed by atoms with Crippen molar-refractivity contribution in [1.82, 2.24) is 14.9 Å². The fraction of sp³-hybridized carbons (Fsp3) is 0.765. The zero-order valence-electron chi connectivity index (χ0n) is 38.5. The molecule has 1 aromatic heterocycles. The van der Waals surface area contributed by atoms with Gasteiger partial charge in [0.25, 0.3) is 0 Å². The molecule has 11 atom stereocenters. The molecule has 1 amide bonds. The zero-order valence-corrected chi connectivity index (χ0v) is 38.5. The number of carbonyl (C=O) groups excluding carboxylic acids is 2. The summed E-state index contributed by atoms with van der Waals surface area (Å²) in [5.41, 5.74) is 1.31. The lowest BCUT2D eigenvalue weighted by Gasteiger charge is -2.73. The van der Waals surface area contributed by atoms with Crippen LogP contribution in [0.3, 0.4) is 0 Å². The second-order valence-corrected chi connectivity index (χ2v) is 23.1. The number of aromatic nitrogens is 2. The van der Waals surface area contributed by atoms with E-state index in [1.165, 1.54) is 19.3 Å². The van der Waals surface area contributed by atoms with Gasteiger partial charge in [0, 0.05) is 12.0 Å². The molecule has 9 heteroatoms. The summed E-state index contributed by atoms with van der Waals surface area (Å²) in [5.74, 6) is 3.96. The molecule has 2 heterocycles. The number of amides is 1. The van der Waals surface area contributed by atoms with E-state index in [-0.39, 0.29) is 58.0 Å². The van der Waals surface area contributed by atoms with Crippen molar-refractivity contribution in [3.05, 3.63) is 36.3 Å². The lowest BCUT2D eigenvalue weighted by Crippen LogP contribution is -2.67. The minimum absolute atomic E-state index is 0.0246. The Morgan fingerprint density at radius 2 is 1.62 bits per heavy atom. The van der Waals surface area contributed by atoms with Crippen molar-refractivity contribution in [2.45, 2.75) is 164 Å². The van der Waals surface area contributed by atoms with Gasteiger partial charge in [0.05, 0.1) is 43.3 Å². The number of fused-ring (bicyclic) bond motifs is 7. The molecule has 2 aromatic rings. The van der Waals surface area contributed by atoms with Crippen molar-refractivity contribution in [3.63, 3.8) is 0 Å². The van der Waals surface area contributed by atoms with Gasteiger partial charge in [0.2, 0.25) is 5.91 Å². The number of aliphatic carboxylic acids is 1. The molecule has 0 bridgehead atoms. The van der Waals surface area contributed by atoms with Crippen molar-refractivity contribution in [2.75, 3.05) is 13.7 Å². The number of benzene rings is 1. The summed E-state index contributed by atoms with van der Waals surface area (Å²) in [6, 6.07) is 8.04. The van der Waals surface area contributed by atoms with Crippen LogP contribution in [0.1, 0.15) is 164 Å². The third kappa shape index (κ3) is 6.75. The monoisotopic (exact) mass is 826 g/mol.